The van der Waals surface area contributed by atoms with Crippen molar-refractivity contribution in [3.8, 4) is 11.5 Å². The number of β-amino-alcohol motifs (C(OH)–C–C–N with tert-alkyl or cyclic N) is 1. The Morgan fingerprint density at radius 1 is 1.35 bits per heavy atom. The molecular formula is C16H16N4O2S. The Kier molecular flexibility index (Phi) is 3.68. The van der Waals surface area contributed by atoms with E-state index in [9.17, 15) is 9.90 Å². The monoisotopic (exact) mass is 328 g/mol. The van der Waals surface area contributed by atoms with Gasteiger partial charge in [-0.2, -0.15) is 0 Å². The lowest BCUT2D eigenvalue weighted by atomic mass is 10.0. The van der Waals surface area contributed by atoms with Crippen LogP contribution in [-0.4, -0.2) is 38.8 Å². The van der Waals surface area contributed by atoms with E-state index in [4.69, 9.17) is 0 Å². The lowest BCUT2D eigenvalue weighted by molar-refractivity contribution is 0.0861. The average Bonchev–Trinajstić information content (AvgIpc) is 3.05. The normalized spacial score (nSPS) is 21.6. The zero-order valence-corrected chi connectivity index (χ0v) is 13.2. The first-order valence-corrected chi connectivity index (χ1v) is 8.43. The molecule has 1 aliphatic rings. The average molecular weight is 328 g/mol. The fourth-order valence-corrected chi connectivity index (χ4v) is 3.80. The minimum absolute atomic E-state index is 0.100. The van der Waals surface area contributed by atoms with Gasteiger partial charge in [-0.3, -0.25) is 14.3 Å². The third-order valence-corrected chi connectivity index (χ3v) is 5.04. The van der Waals surface area contributed by atoms with E-state index < -0.39 is 6.10 Å². The molecule has 2 N–H and O–H groups in total. The quantitative estimate of drug-likeness (QED) is 0.744. The second kappa shape index (κ2) is 5.84. The zero-order chi connectivity index (χ0) is 15.8. The fourth-order valence-electron chi connectivity index (χ4n) is 3.04. The molecule has 4 rings (SSSR count). The van der Waals surface area contributed by atoms with Crippen molar-refractivity contribution in [3.63, 3.8) is 0 Å². The summed E-state index contributed by atoms with van der Waals surface area (Å²) in [5.74, 6) is 0.521. The lowest BCUT2D eigenvalue weighted by Gasteiger charge is -2.31. The van der Waals surface area contributed by atoms with Gasteiger partial charge in [-0.15, -0.1) is 11.3 Å². The number of aliphatic hydroxyl groups is 1. The maximum Gasteiger partial charge on any atom is 0.272 e. The SMILES string of the molecule is O=c1c2sccc2nc(-c2ccccn2)n1[C@H]1CCNC[C@@H]1O. The van der Waals surface area contributed by atoms with Crippen LogP contribution in [0.25, 0.3) is 21.7 Å². The van der Waals surface area contributed by atoms with Gasteiger partial charge in [0.1, 0.15) is 10.4 Å². The molecule has 0 spiro atoms. The molecule has 0 amide bonds. The molecule has 7 heteroatoms. The number of aliphatic hydroxyl groups excluding tert-OH is 1. The molecule has 1 saturated heterocycles. The van der Waals surface area contributed by atoms with Crippen LogP contribution in [0.3, 0.4) is 0 Å². The zero-order valence-electron chi connectivity index (χ0n) is 12.3. The summed E-state index contributed by atoms with van der Waals surface area (Å²) in [4.78, 5) is 22.0. The molecule has 1 aliphatic heterocycles. The Labute approximate surface area is 136 Å². The number of nitrogens with one attached hydrogen (secondary N) is 1. The van der Waals surface area contributed by atoms with Crippen LogP contribution in [0.2, 0.25) is 0 Å². The maximum absolute atomic E-state index is 13.0. The number of hydrogen-bond acceptors (Lipinski definition) is 6. The highest BCUT2D eigenvalue weighted by atomic mass is 32.1. The Bertz CT molecular complexity index is 890. The van der Waals surface area contributed by atoms with Gasteiger partial charge >= 0.3 is 0 Å². The molecule has 4 heterocycles. The summed E-state index contributed by atoms with van der Waals surface area (Å²) in [7, 11) is 0. The number of hydrogen-bond donors (Lipinski definition) is 2. The van der Waals surface area contributed by atoms with Gasteiger partial charge in [-0.25, -0.2) is 4.98 Å². The molecule has 3 aromatic heterocycles. The molecule has 0 aliphatic carbocycles. The number of piperidine rings is 1. The smallest absolute Gasteiger partial charge is 0.272 e. The number of rotatable bonds is 2. The Hall–Kier alpha value is -2.09. The van der Waals surface area contributed by atoms with Crippen LogP contribution in [0.1, 0.15) is 12.5 Å². The molecule has 23 heavy (non-hydrogen) atoms. The summed E-state index contributed by atoms with van der Waals surface area (Å²) in [6.45, 7) is 1.24. The topological polar surface area (TPSA) is 80.0 Å². The van der Waals surface area contributed by atoms with Gasteiger partial charge in [0.2, 0.25) is 0 Å². The minimum atomic E-state index is -0.622. The first kappa shape index (κ1) is 14.5. The minimum Gasteiger partial charge on any atom is -0.390 e. The van der Waals surface area contributed by atoms with Gasteiger partial charge < -0.3 is 10.4 Å². The molecule has 0 bridgehead atoms. The number of thiophene rings is 1. The van der Waals surface area contributed by atoms with E-state index in [0.717, 1.165) is 6.54 Å². The lowest BCUT2D eigenvalue weighted by Crippen LogP contribution is -2.45. The molecule has 0 saturated carbocycles. The van der Waals surface area contributed by atoms with Crippen molar-refractivity contribution < 1.29 is 5.11 Å². The van der Waals surface area contributed by atoms with Gasteiger partial charge in [0, 0.05) is 12.7 Å². The Morgan fingerprint density at radius 3 is 3.04 bits per heavy atom. The summed E-state index contributed by atoms with van der Waals surface area (Å²) < 4.78 is 2.25. The third-order valence-electron chi connectivity index (χ3n) is 4.15. The largest absolute Gasteiger partial charge is 0.390 e. The molecule has 2 atom stereocenters. The summed E-state index contributed by atoms with van der Waals surface area (Å²) >= 11 is 1.38. The van der Waals surface area contributed by atoms with E-state index in [1.165, 1.54) is 11.3 Å². The van der Waals surface area contributed by atoms with Crippen LogP contribution in [0.4, 0.5) is 0 Å². The van der Waals surface area contributed by atoms with Gasteiger partial charge in [-0.05, 0) is 36.5 Å². The standard InChI is InChI=1S/C16H16N4O2S/c21-13-9-17-7-4-12(13)20-15(11-3-1-2-6-18-11)19-10-5-8-23-14(10)16(20)22/h1-3,5-6,8,12-13,17,21H,4,7,9H2/t12-,13-/m0/s1. The van der Waals surface area contributed by atoms with Crippen LogP contribution in [0.15, 0.2) is 40.6 Å². The molecule has 6 nitrogen and oxygen atoms in total. The molecule has 118 valence electrons. The van der Waals surface area contributed by atoms with Crippen molar-refractivity contribution in [2.24, 2.45) is 0 Å². The van der Waals surface area contributed by atoms with E-state index in [1.54, 1.807) is 10.8 Å². The van der Waals surface area contributed by atoms with Crippen molar-refractivity contribution >= 4 is 21.6 Å². The summed E-state index contributed by atoms with van der Waals surface area (Å²) in [6.07, 6.45) is 1.74. The molecule has 0 unspecified atom stereocenters. The number of fused-ring (bicyclic) bond motifs is 1. The predicted molar refractivity (Wildman–Crippen MR) is 89.6 cm³/mol. The van der Waals surface area contributed by atoms with E-state index >= 15 is 0 Å². The Balaban J connectivity index is 2.00. The first-order chi connectivity index (χ1) is 11.3. The van der Waals surface area contributed by atoms with Gasteiger partial charge in [-0.1, -0.05) is 6.07 Å². The fraction of sp³-hybridized carbons (Fsp3) is 0.312. The molecule has 0 radical (unpaired) electrons. The molecule has 1 fully saturated rings. The first-order valence-electron chi connectivity index (χ1n) is 7.55. The summed E-state index contributed by atoms with van der Waals surface area (Å²) in [5, 5.41) is 15.4. The molecule has 0 aromatic carbocycles. The molecular weight excluding hydrogens is 312 g/mol. The molecule has 3 aromatic rings. The second-order valence-electron chi connectivity index (χ2n) is 5.59. The van der Waals surface area contributed by atoms with Crippen molar-refractivity contribution in [3.05, 3.63) is 46.2 Å². The summed E-state index contributed by atoms with van der Waals surface area (Å²) in [6, 6.07) is 7.09. The van der Waals surface area contributed by atoms with Gasteiger partial charge in [0.05, 0.1) is 17.7 Å². The van der Waals surface area contributed by atoms with Crippen LogP contribution in [0, 0.1) is 0 Å². The van der Waals surface area contributed by atoms with Crippen molar-refractivity contribution in [1.29, 1.82) is 0 Å². The van der Waals surface area contributed by atoms with Crippen molar-refractivity contribution in [1.82, 2.24) is 19.9 Å². The third kappa shape index (κ3) is 2.46. The highest BCUT2D eigenvalue weighted by Gasteiger charge is 2.29. The number of pyridine rings is 1. The maximum atomic E-state index is 13.0. The number of aromatic nitrogens is 3. The van der Waals surface area contributed by atoms with Gasteiger partial charge in [0.25, 0.3) is 5.56 Å². The van der Waals surface area contributed by atoms with Crippen molar-refractivity contribution in [2.75, 3.05) is 13.1 Å². The van der Waals surface area contributed by atoms with E-state index in [-0.39, 0.29) is 11.6 Å². The highest BCUT2D eigenvalue weighted by molar-refractivity contribution is 7.17. The van der Waals surface area contributed by atoms with Crippen LogP contribution in [0.5, 0.6) is 0 Å². The van der Waals surface area contributed by atoms with Gasteiger partial charge in [0.15, 0.2) is 5.82 Å². The Morgan fingerprint density at radius 2 is 2.26 bits per heavy atom. The van der Waals surface area contributed by atoms with E-state index in [0.29, 0.717) is 34.7 Å². The van der Waals surface area contributed by atoms with Crippen molar-refractivity contribution in [2.45, 2.75) is 18.6 Å². The second-order valence-corrected chi connectivity index (χ2v) is 6.50. The van der Waals surface area contributed by atoms with Crippen LogP contribution < -0.4 is 10.9 Å². The van der Waals surface area contributed by atoms with Crippen LogP contribution in [-0.2, 0) is 0 Å². The van der Waals surface area contributed by atoms with E-state index in [2.05, 4.69) is 15.3 Å². The van der Waals surface area contributed by atoms with Crippen LogP contribution >= 0.6 is 11.3 Å². The summed E-state index contributed by atoms with van der Waals surface area (Å²) in [5.41, 5.74) is 1.22. The number of nitrogens with zero attached hydrogens (tertiary/aromatic N) is 3. The van der Waals surface area contributed by atoms with E-state index in [1.807, 2.05) is 29.6 Å². The predicted octanol–water partition coefficient (Wildman–Crippen LogP) is 1.42. The highest BCUT2D eigenvalue weighted by Crippen LogP contribution is 2.26.